The number of oxime groups is 1. The molecule has 2 fully saturated rings. The van der Waals surface area contributed by atoms with Crippen LogP contribution in [-0.4, -0.2) is 109 Å². The lowest BCUT2D eigenvalue weighted by Crippen LogP contribution is -2.69. The summed E-state index contributed by atoms with van der Waals surface area (Å²) in [6.45, 7) is 14.2. The van der Waals surface area contributed by atoms with Gasteiger partial charge in [-0.25, -0.2) is 0 Å². The van der Waals surface area contributed by atoms with Gasteiger partial charge in [0.15, 0.2) is 11.5 Å². The van der Waals surface area contributed by atoms with E-state index in [1.54, 1.807) is 36.2 Å². The Morgan fingerprint density at radius 1 is 1.04 bits per heavy atom. The molecule has 12 heteroatoms. The first-order valence-electron chi connectivity index (χ1n) is 20.4. The van der Waals surface area contributed by atoms with Gasteiger partial charge in [0, 0.05) is 63.4 Å². The van der Waals surface area contributed by atoms with Gasteiger partial charge < -0.3 is 43.6 Å². The third-order valence-electron chi connectivity index (χ3n) is 11.7. The third kappa shape index (κ3) is 8.44. The number of unbranched alkanes of at least 4 members (excludes halogenated alkanes) is 2. The number of hydrogen-bond donors (Lipinski definition) is 2. The predicted octanol–water partition coefficient (Wildman–Crippen LogP) is 6.31. The Bertz CT molecular complexity index is 1780. The van der Waals surface area contributed by atoms with Crippen LogP contribution in [0.5, 0.6) is 23.0 Å². The summed E-state index contributed by atoms with van der Waals surface area (Å²) in [5.74, 6) is 0.756. The van der Waals surface area contributed by atoms with Gasteiger partial charge in [-0.05, 0) is 100 Å². The number of nitrogens with zero attached hydrogens (tertiary/aromatic N) is 3. The Morgan fingerprint density at radius 3 is 2.52 bits per heavy atom. The minimum absolute atomic E-state index is 0.106. The number of benzene rings is 2. The number of aliphatic hydroxyl groups is 2. The number of amides is 1. The molecular formula is C44H59N3O9. The molecule has 3 aliphatic heterocycles. The van der Waals surface area contributed by atoms with E-state index in [1.165, 1.54) is 0 Å². The van der Waals surface area contributed by atoms with Crippen LogP contribution in [0.2, 0.25) is 0 Å². The van der Waals surface area contributed by atoms with Gasteiger partial charge in [-0.2, -0.15) is 0 Å². The second kappa shape index (κ2) is 17.2. The molecule has 56 heavy (non-hydrogen) atoms. The summed E-state index contributed by atoms with van der Waals surface area (Å²) in [7, 11) is 1.80. The number of hydrogen-bond acceptors (Lipinski definition) is 11. The summed E-state index contributed by atoms with van der Waals surface area (Å²) in [6.07, 6.45) is 9.22. The van der Waals surface area contributed by atoms with Crippen molar-refractivity contribution in [2.45, 2.75) is 89.1 Å². The Balaban J connectivity index is 1.39. The number of ether oxygens (including phenoxy) is 5. The first-order chi connectivity index (χ1) is 27.1. The van der Waals surface area contributed by atoms with Crippen LogP contribution in [0.25, 0.3) is 0 Å². The van der Waals surface area contributed by atoms with E-state index in [9.17, 15) is 15.0 Å². The fourth-order valence-corrected chi connectivity index (χ4v) is 8.97. The van der Waals surface area contributed by atoms with E-state index in [-0.39, 0.29) is 50.3 Å². The molecule has 3 heterocycles. The highest BCUT2D eigenvalue weighted by Gasteiger charge is 2.65. The van der Waals surface area contributed by atoms with Crippen molar-refractivity contribution in [3.8, 4) is 23.0 Å². The maximum absolute atomic E-state index is 14.6. The van der Waals surface area contributed by atoms with E-state index < -0.39 is 23.3 Å². The van der Waals surface area contributed by atoms with Gasteiger partial charge in [-0.15, -0.1) is 6.58 Å². The van der Waals surface area contributed by atoms with Crippen molar-refractivity contribution >= 4 is 11.6 Å². The zero-order valence-corrected chi connectivity index (χ0v) is 33.4. The Kier molecular flexibility index (Phi) is 12.3. The molecule has 6 unspecified atom stereocenters. The molecule has 1 saturated carbocycles. The highest BCUT2D eigenvalue weighted by atomic mass is 16.7. The van der Waals surface area contributed by atoms with Crippen LogP contribution in [0.3, 0.4) is 0 Å². The minimum Gasteiger partial charge on any atom is -0.492 e. The van der Waals surface area contributed by atoms with Crippen molar-refractivity contribution in [3.63, 3.8) is 0 Å². The zero-order valence-electron chi connectivity index (χ0n) is 33.4. The molecule has 5 aliphatic rings. The molecule has 2 aromatic carbocycles. The first kappa shape index (κ1) is 40.1. The minimum atomic E-state index is -1.34. The van der Waals surface area contributed by atoms with Crippen LogP contribution in [0.1, 0.15) is 87.6 Å². The topological polar surface area (TPSA) is 132 Å². The lowest BCUT2D eigenvalue weighted by Gasteiger charge is -2.59. The van der Waals surface area contributed by atoms with Gasteiger partial charge in [0.25, 0.3) is 5.91 Å². The van der Waals surface area contributed by atoms with E-state index in [0.29, 0.717) is 48.7 Å². The van der Waals surface area contributed by atoms with Crippen LogP contribution in [0, 0.1) is 17.8 Å². The molecule has 12 nitrogen and oxygen atoms in total. The molecule has 2 N–H and O–H groups in total. The SMILES string of the molecule is C=CCOC12Oc3ccc(OCCN4CC4)cc3C3C(CCCCO)C(CCCCO)C=C(C(=NOC(C)(C)C)CC1N(C)C(=O)c1ccc4c(c1)OCO4)C32. The summed E-state index contributed by atoms with van der Waals surface area (Å²) in [6, 6.07) is 10.7. The van der Waals surface area contributed by atoms with Crippen LogP contribution in [-0.2, 0) is 9.57 Å². The molecule has 0 spiro atoms. The van der Waals surface area contributed by atoms with Gasteiger partial charge in [-0.1, -0.05) is 30.1 Å². The number of aliphatic hydroxyl groups excluding tert-OH is 2. The van der Waals surface area contributed by atoms with Gasteiger partial charge >= 0.3 is 0 Å². The average Bonchev–Trinajstić information content (AvgIpc) is 3.89. The molecule has 0 bridgehead atoms. The molecule has 304 valence electrons. The van der Waals surface area contributed by atoms with Crippen molar-refractivity contribution in [2.24, 2.45) is 22.9 Å². The van der Waals surface area contributed by atoms with Gasteiger partial charge in [-0.3, -0.25) is 9.69 Å². The summed E-state index contributed by atoms with van der Waals surface area (Å²) in [5.41, 5.74) is 2.67. The standard InChI is InChI=1S/C44H59N3O9/c1-6-22-54-44-39(46(5)42(50)30-13-15-37-38(25-30)53-28-52-37)27-35(45-56-43(2,3)4)33-24-29(11-7-9-20-48)32(12-8-10-21-49)40(41(33)44)34-26-31(14-16-36(34)55-44)51-23-19-47-17-18-47/h6,13-16,24-26,29,32,39-41,48-49H,1,7-12,17-23,27-28H2,2-5H3. The lowest BCUT2D eigenvalue weighted by atomic mass is 9.55. The summed E-state index contributed by atoms with van der Waals surface area (Å²) >= 11 is 0. The Hall–Kier alpha value is -4.10. The van der Waals surface area contributed by atoms with Gasteiger partial charge in [0.1, 0.15) is 29.7 Å². The Labute approximate surface area is 331 Å². The van der Waals surface area contributed by atoms with E-state index in [4.69, 9.17) is 33.7 Å². The molecule has 2 aliphatic carbocycles. The predicted molar refractivity (Wildman–Crippen MR) is 212 cm³/mol. The van der Waals surface area contributed by atoms with Crippen LogP contribution in [0.4, 0.5) is 0 Å². The van der Waals surface area contributed by atoms with E-state index >= 15 is 0 Å². The zero-order chi connectivity index (χ0) is 39.5. The lowest BCUT2D eigenvalue weighted by molar-refractivity contribution is -0.252. The second-order valence-electron chi connectivity index (χ2n) is 16.7. The second-order valence-corrected chi connectivity index (χ2v) is 16.7. The van der Waals surface area contributed by atoms with Crippen molar-refractivity contribution in [3.05, 3.63) is 71.8 Å². The van der Waals surface area contributed by atoms with Gasteiger partial charge in [0.05, 0.1) is 18.2 Å². The van der Waals surface area contributed by atoms with E-state index in [2.05, 4.69) is 23.6 Å². The maximum Gasteiger partial charge on any atom is 0.254 e. The highest BCUT2D eigenvalue weighted by Crippen LogP contribution is 2.62. The number of fused-ring (bicyclic) bond motifs is 3. The quantitative estimate of drug-likeness (QED) is 0.0769. The van der Waals surface area contributed by atoms with Crippen LogP contribution < -0.4 is 18.9 Å². The number of allylic oxidation sites excluding steroid dienone is 1. The van der Waals surface area contributed by atoms with Crippen LogP contribution >= 0.6 is 0 Å². The largest absolute Gasteiger partial charge is 0.492 e. The molecule has 0 aromatic heterocycles. The van der Waals surface area contributed by atoms with Crippen molar-refractivity contribution in [1.29, 1.82) is 0 Å². The van der Waals surface area contributed by atoms with Crippen LogP contribution in [0.15, 0.2) is 65.9 Å². The highest BCUT2D eigenvalue weighted by molar-refractivity contribution is 6.03. The number of likely N-dealkylation sites (N-methyl/N-ethyl adjacent to an activating group) is 1. The summed E-state index contributed by atoms with van der Waals surface area (Å²) in [4.78, 5) is 24.9. The molecule has 7 rings (SSSR count). The fourth-order valence-electron chi connectivity index (χ4n) is 8.97. The number of carbonyl (C=O) groups excluding carboxylic acids is 1. The Morgan fingerprint density at radius 2 is 1.79 bits per heavy atom. The average molecular weight is 774 g/mol. The maximum atomic E-state index is 14.6. The van der Waals surface area contributed by atoms with Crippen molar-refractivity contribution in [2.75, 3.05) is 59.9 Å². The van der Waals surface area contributed by atoms with Gasteiger partial charge in [0.2, 0.25) is 12.6 Å². The molecule has 1 amide bonds. The normalized spacial score (nSPS) is 26.8. The molecule has 2 aromatic rings. The monoisotopic (exact) mass is 773 g/mol. The number of carbonyl (C=O) groups is 1. The third-order valence-corrected chi connectivity index (χ3v) is 11.7. The van der Waals surface area contributed by atoms with E-state index in [0.717, 1.165) is 67.9 Å². The van der Waals surface area contributed by atoms with Crippen molar-refractivity contribution < 1.29 is 43.5 Å². The first-order valence-corrected chi connectivity index (χ1v) is 20.4. The smallest absolute Gasteiger partial charge is 0.254 e. The molecule has 1 saturated heterocycles. The summed E-state index contributed by atoms with van der Waals surface area (Å²) in [5, 5.41) is 24.6. The number of rotatable bonds is 18. The molecular weight excluding hydrogens is 714 g/mol. The molecule has 0 radical (unpaired) electrons. The van der Waals surface area contributed by atoms with E-state index in [1.807, 2.05) is 32.9 Å². The summed E-state index contributed by atoms with van der Waals surface area (Å²) < 4.78 is 31.9. The van der Waals surface area contributed by atoms with Crippen molar-refractivity contribution in [1.82, 2.24) is 9.80 Å². The molecule has 6 atom stereocenters. The fraction of sp³-hybridized carbons (Fsp3) is 0.591.